The van der Waals surface area contributed by atoms with Crippen molar-refractivity contribution in [3.05, 3.63) is 58.7 Å². The van der Waals surface area contributed by atoms with Crippen molar-refractivity contribution < 1.29 is 14.3 Å². The maximum Gasteiger partial charge on any atom is 0.273 e. The first-order valence-corrected chi connectivity index (χ1v) is 8.57. The van der Waals surface area contributed by atoms with E-state index in [1.807, 2.05) is 31.2 Å². The van der Waals surface area contributed by atoms with Crippen LogP contribution >= 0.6 is 11.6 Å². The predicted octanol–water partition coefficient (Wildman–Crippen LogP) is 3.62. The number of rotatable bonds is 3. The van der Waals surface area contributed by atoms with Gasteiger partial charge in [-0.1, -0.05) is 41.4 Å². The summed E-state index contributed by atoms with van der Waals surface area (Å²) in [6, 6.07) is 12.6. The van der Waals surface area contributed by atoms with Gasteiger partial charge in [0, 0.05) is 11.6 Å². The molecule has 8 heteroatoms. The minimum Gasteiger partial charge on any atom is -0.482 e. The number of fused-ring (bicyclic) bond motifs is 1. The van der Waals surface area contributed by atoms with Crippen molar-refractivity contribution in [3.63, 3.8) is 0 Å². The monoisotopic (exact) mass is 382 g/mol. The third-order valence-corrected chi connectivity index (χ3v) is 4.43. The van der Waals surface area contributed by atoms with Crippen molar-refractivity contribution >= 4 is 34.8 Å². The quantitative estimate of drug-likeness (QED) is 0.644. The molecule has 0 radical (unpaired) electrons. The molecule has 0 saturated carbocycles. The minimum atomic E-state index is -0.387. The molecule has 0 bridgehead atoms. The molecule has 2 amide bonds. The van der Waals surface area contributed by atoms with Gasteiger partial charge in [0.1, 0.15) is 11.4 Å². The highest BCUT2D eigenvalue weighted by Gasteiger charge is 2.20. The molecule has 2 aromatic carbocycles. The Bertz CT molecular complexity index is 1040. The van der Waals surface area contributed by atoms with Crippen LogP contribution in [0, 0.1) is 6.92 Å². The molecule has 1 aliphatic heterocycles. The van der Waals surface area contributed by atoms with Crippen LogP contribution in [0.25, 0.3) is 11.3 Å². The summed E-state index contributed by atoms with van der Waals surface area (Å²) in [7, 11) is 0. The molecule has 0 aliphatic carbocycles. The van der Waals surface area contributed by atoms with Gasteiger partial charge in [0.05, 0.1) is 22.1 Å². The molecular weight excluding hydrogens is 368 g/mol. The molecule has 136 valence electrons. The molecule has 27 heavy (non-hydrogen) atoms. The molecule has 1 aromatic heterocycles. The molecule has 0 spiro atoms. The van der Waals surface area contributed by atoms with Crippen LogP contribution in [-0.2, 0) is 4.79 Å². The molecule has 2 heterocycles. The van der Waals surface area contributed by atoms with E-state index in [4.69, 9.17) is 16.3 Å². The lowest BCUT2D eigenvalue weighted by Crippen LogP contribution is -2.25. The fourth-order valence-electron chi connectivity index (χ4n) is 2.70. The number of aromatic amines is 1. The van der Waals surface area contributed by atoms with E-state index >= 15 is 0 Å². The van der Waals surface area contributed by atoms with Gasteiger partial charge in [-0.3, -0.25) is 14.7 Å². The fraction of sp³-hybridized carbons (Fsp3) is 0.105. The largest absolute Gasteiger partial charge is 0.482 e. The average molecular weight is 383 g/mol. The number of carbonyl (C=O) groups is 2. The molecule has 7 nitrogen and oxygen atoms in total. The number of carbonyl (C=O) groups excluding carboxylic acids is 2. The second kappa shape index (κ2) is 6.77. The number of aromatic nitrogens is 2. The number of anilines is 2. The molecule has 3 N–H and O–H groups in total. The lowest BCUT2D eigenvalue weighted by atomic mass is 10.1. The summed E-state index contributed by atoms with van der Waals surface area (Å²) < 4.78 is 5.35. The van der Waals surface area contributed by atoms with Crippen molar-refractivity contribution in [2.24, 2.45) is 0 Å². The van der Waals surface area contributed by atoms with E-state index in [-0.39, 0.29) is 23.4 Å². The highest BCUT2D eigenvalue weighted by molar-refractivity contribution is 6.34. The number of hydrogen-bond acceptors (Lipinski definition) is 4. The van der Waals surface area contributed by atoms with E-state index in [1.54, 1.807) is 12.1 Å². The minimum absolute atomic E-state index is 0.0809. The van der Waals surface area contributed by atoms with Crippen LogP contribution in [0.4, 0.5) is 11.4 Å². The molecule has 0 unspecified atom stereocenters. The normalized spacial score (nSPS) is 12.7. The highest BCUT2D eigenvalue weighted by Crippen LogP contribution is 2.36. The van der Waals surface area contributed by atoms with E-state index in [0.29, 0.717) is 28.5 Å². The summed E-state index contributed by atoms with van der Waals surface area (Å²) >= 11 is 6.21. The maximum absolute atomic E-state index is 12.5. The number of hydrogen-bond donors (Lipinski definition) is 3. The second-order valence-electron chi connectivity index (χ2n) is 6.15. The van der Waals surface area contributed by atoms with Gasteiger partial charge in [-0.15, -0.1) is 0 Å². The number of nitrogens with one attached hydrogen (secondary N) is 3. The summed E-state index contributed by atoms with van der Waals surface area (Å²) in [6.07, 6.45) is 0. The Morgan fingerprint density at radius 3 is 2.78 bits per heavy atom. The summed E-state index contributed by atoms with van der Waals surface area (Å²) in [4.78, 5) is 23.9. The van der Waals surface area contributed by atoms with Gasteiger partial charge in [-0.25, -0.2) is 0 Å². The maximum atomic E-state index is 12.5. The van der Waals surface area contributed by atoms with E-state index in [1.165, 1.54) is 6.07 Å². The first-order chi connectivity index (χ1) is 13.0. The van der Waals surface area contributed by atoms with Crippen LogP contribution in [0.15, 0.2) is 42.5 Å². The fourth-order valence-corrected chi connectivity index (χ4v) is 2.91. The number of halogens is 1. The average Bonchev–Trinajstić information content (AvgIpc) is 3.13. The SMILES string of the molecule is Cc1ccc(-c2cc(C(=O)Nc3cc4c(cc3Cl)NC(=O)CO4)[nH]n2)cc1. The van der Waals surface area contributed by atoms with Crippen LogP contribution in [0.3, 0.4) is 0 Å². The Labute approximate surface area is 159 Å². The molecule has 4 rings (SSSR count). The number of H-pyrrole nitrogens is 1. The molecule has 0 saturated heterocycles. The zero-order valence-electron chi connectivity index (χ0n) is 14.3. The number of benzene rings is 2. The van der Waals surface area contributed by atoms with Crippen molar-refractivity contribution in [2.45, 2.75) is 6.92 Å². The number of amides is 2. The number of nitrogens with zero attached hydrogens (tertiary/aromatic N) is 1. The van der Waals surface area contributed by atoms with Gasteiger partial charge in [0.15, 0.2) is 6.61 Å². The van der Waals surface area contributed by atoms with Crippen molar-refractivity contribution in [2.75, 3.05) is 17.2 Å². The topological polar surface area (TPSA) is 96.1 Å². The van der Waals surface area contributed by atoms with E-state index in [0.717, 1.165) is 11.1 Å². The van der Waals surface area contributed by atoms with E-state index in [9.17, 15) is 9.59 Å². The van der Waals surface area contributed by atoms with Gasteiger partial charge in [-0.05, 0) is 19.1 Å². The summed E-state index contributed by atoms with van der Waals surface area (Å²) in [5, 5.41) is 12.6. The molecular formula is C19H15ClN4O3. The number of aryl methyl sites for hydroxylation is 1. The first-order valence-electron chi connectivity index (χ1n) is 8.19. The summed E-state index contributed by atoms with van der Waals surface area (Å²) in [6.45, 7) is 1.92. The smallest absolute Gasteiger partial charge is 0.273 e. The van der Waals surface area contributed by atoms with Crippen molar-refractivity contribution in [1.29, 1.82) is 0 Å². The molecule has 0 fully saturated rings. The lowest BCUT2D eigenvalue weighted by molar-refractivity contribution is -0.118. The Morgan fingerprint density at radius 1 is 1.22 bits per heavy atom. The first kappa shape index (κ1) is 17.1. The van der Waals surface area contributed by atoms with Crippen LogP contribution in [0.1, 0.15) is 16.1 Å². The summed E-state index contributed by atoms with van der Waals surface area (Å²) in [5.41, 5.74) is 3.87. The Kier molecular flexibility index (Phi) is 4.29. The zero-order chi connectivity index (χ0) is 19.0. The van der Waals surface area contributed by atoms with Gasteiger partial charge in [-0.2, -0.15) is 5.10 Å². The summed E-state index contributed by atoms with van der Waals surface area (Å²) in [5.74, 6) is -0.196. The zero-order valence-corrected chi connectivity index (χ0v) is 15.1. The van der Waals surface area contributed by atoms with Crippen LogP contribution in [-0.4, -0.2) is 28.6 Å². The van der Waals surface area contributed by atoms with Crippen LogP contribution in [0.5, 0.6) is 5.75 Å². The van der Waals surface area contributed by atoms with Gasteiger partial charge >= 0.3 is 0 Å². The van der Waals surface area contributed by atoms with Crippen LogP contribution in [0.2, 0.25) is 5.02 Å². The van der Waals surface area contributed by atoms with Crippen molar-refractivity contribution in [1.82, 2.24) is 10.2 Å². The Morgan fingerprint density at radius 2 is 2.00 bits per heavy atom. The van der Waals surface area contributed by atoms with Gasteiger partial charge in [0.2, 0.25) is 0 Å². The molecule has 0 atom stereocenters. The molecule has 1 aliphatic rings. The van der Waals surface area contributed by atoms with E-state index < -0.39 is 0 Å². The standard InChI is InChI=1S/C19H15ClN4O3/c1-10-2-4-11(5-3-10)13-7-16(24-23-13)19(26)22-14-8-17-15(6-12(14)20)21-18(25)9-27-17/h2-8H,9H2,1H3,(H,21,25)(H,22,26)(H,23,24). The Balaban J connectivity index is 1.54. The Hall–Kier alpha value is -3.32. The molecule has 3 aromatic rings. The van der Waals surface area contributed by atoms with E-state index in [2.05, 4.69) is 20.8 Å². The third kappa shape index (κ3) is 3.50. The highest BCUT2D eigenvalue weighted by atomic mass is 35.5. The lowest BCUT2D eigenvalue weighted by Gasteiger charge is -2.19. The van der Waals surface area contributed by atoms with Crippen LogP contribution < -0.4 is 15.4 Å². The third-order valence-electron chi connectivity index (χ3n) is 4.12. The van der Waals surface area contributed by atoms with Crippen molar-refractivity contribution in [3.8, 4) is 17.0 Å². The second-order valence-corrected chi connectivity index (χ2v) is 6.56. The van der Waals surface area contributed by atoms with Gasteiger partial charge < -0.3 is 15.4 Å². The number of ether oxygens (including phenoxy) is 1. The van der Waals surface area contributed by atoms with Gasteiger partial charge in [0.25, 0.3) is 11.8 Å². The predicted molar refractivity (Wildman–Crippen MR) is 102 cm³/mol.